The number of aryl methyl sites for hydroxylation is 1. The molecule has 0 amide bonds. The molecule has 0 saturated heterocycles. The van der Waals surface area contributed by atoms with E-state index in [1.54, 1.807) is 18.4 Å². The summed E-state index contributed by atoms with van der Waals surface area (Å²) in [6.07, 6.45) is 0. The normalized spacial score (nSPS) is 11.8. The predicted molar refractivity (Wildman–Crippen MR) is 65.9 cm³/mol. The largest absolute Gasteiger partial charge is 0.292 e. The zero-order valence-electron chi connectivity index (χ0n) is 9.55. The molecule has 0 saturated carbocycles. The van der Waals surface area contributed by atoms with Crippen molar-refractivity contribution in [2.45, 2.75) is 12.8 Å². The van der Waals surface area contributed by atoms with Crippen LogP contribution in [0.1, 0.15) is 27.0 Å². The number of ketones is 1. The van der Waals surface area contributed by atoms with Gasteiger partial charge in [-0.1, -0.05) is 12.1 Å². The van der Waals surface area contributed by atoms with Crippen LogP contribution in [0.4, 0.5) is 4.39 Å². The molecule has 0 aliphatic rings. The molecule has 1 aromatic carbocycles. The van der Waals surface area contributed by atoms with Crippen molar-refractivity contribution in [3.63, 3.8) is 0 Å². The Kier molecular flexibility index (Phi) is 3.49. The molecule has 0 spiro atoms. The van der Waals surface area contributed by atoms with Crippen LogP contribution in [0, 0.1) is 24.1 Å². The van der Waals surface area contributed by atoms with Crippen LogP contribution in [0.15, 0.2) is 29.6 Å². The predicted octanol–water partition coefficient (Wildman–Crippen LogP) is 3.08. The van der Waals surface area contributed by atoms with E-state index in [0.717, 1.165) is 5.69 Å². The summed E-state index contributed by atoms with van der Waals surface area (Å²) >= 11 is 1.23. The van der Waals surface area contributed by atoms with E-state index in [1.807, 2.05) is 6.07 Å². The molecule has 5 heteroatoms. The minimum atomic E-state index is -1.04. The lowest BCUT2D eigenvalue weighted by Gasteiger charge is -2.05. The third kappa shape index (κ3) is 2.29. The van der Waals surface area contributed by atoms with Crippen LogP contribution in [0.3, 0.4) is 0 Å². The second-order valence-electron chi connectivity index (χ2n) is 3.73. The van der Waals surface area contributed by atoms with E-state index in [4.69, 9.17) is 5.26 Å². The van der Waals surface area contributed by atoms with E-state index >= 15 is 0 Å². The molecule has 2 rings (SSSR count). The zero-order valence-corrected chi connectivity index (χ0v) is 10.4. The Hall–Kier alpha value is -2.06. The highest BCUT2D eigenvalue weighted by Crippen LogP contribution is 2.24. The summed E-state index contributed by atoms with van der Waals surface area (Å²) in [6, 6.07) is 7.54. The summed E-state index contributed by atoms with van der Waals surface area (Å²) in [5.41, 5.74) is 0.675. The lowest BCUT2D eigenvalue weighted by molar-refractivity contribution is 0.0975. The molecule has 0 bridgehead atoms. The third-order valence-corrected chi connectivity index (χ3v) is 3.44. The van der Waals surface area contributed by atoms with Crippen molar-refractivity contribution in [2.24, 2.45) is 0 Å². The number of nitriles is 1. The van der Waals surface area contributed by atoms with Crippen molar-refractivity contribution in [3.8, 4) is 6.07 Å². The topological polar surface area (TPSA) is 53.8 Å². The molecule has 3 nitrogen and oxygen atoms in total. The molecule has 1 aromatic heterocycles. The molecule has 18 heavy (non-hydrogen) atoms. The van der Waals surface area contributed by atoms with Crippen LogP contribution in [0.25, 0.3) is 0 Å². The lowest BCUT2D eigenvalue weighted by Crippen LogP contribution is -2.12. The maximum absolute atomic E-state index is 13.5. The Morgan fingerprint density at radius 1 is 1.50 bits per heavy atom. The van der Waals surface area contributed by atoms with Gasteiger partial charge in [0.25, 0.3) is 0 Å². The van der Waals surface area contributed by atoms with Crippen LogP contribution in [-0.4, -0.2) is 10.8 Å². The number of halogens is 1. The van der Waals surface area contributed by atoms with E-state index in [-0.39, 0.29) is 5.56 Å². The number of carbonyl (C=O) groups excluding carboxylic acids is 1. The number of Topliss-reactive ketones (excluding diaryl/α,β-unsaturated/α-hetero) is 1. The van der Waals surface area contributed by atoms with Gasteiger partial charge in [-0.2, -0.15) is 5.26 Å². The Balaban J connectivity index is 2.38. The molecule has 0 N–H and O–H groups in total. The fraction of sp³-hybridized carbons (Fsp3) is 0.154. The summed E-state index contributed by atoms with van der Waals surface area (Å²) < 4.78 is 13.5. The first kappa shape index (κ1) is 12.4. The van der Waals surface area contributed by atoms with Gasteiger partial charge in [-0.3, -0.25) is 4.79 Å². The van der Waals surface area contributed by atoms with Gasteiger partial charge in [0, 0.05) is 11.1 Å². The minimum absolute atomic E-state index is 0.0723. The minimum Gasteiger partial charge on any atom is -0.292 e. The summed E-state index contributed by atoms with van der Waals surface area (Å²) in [6.45, 7) is 1.78. The standard InChI is InChI=1S/C13H9FN2OS/c1-8-7-18-13(16-8)10(6-15)12(17)9-4-2-3-5-11(9)14/h2-5,7,10H,1H3/t10-/m1/s1. The van der Waals surface area contributed by atoms with Gasteiger partial charge in [-0.15, -0.1) is 11.3 Å². The van der Waals surface area contributed by atoms with E-state index < -0.39 is 17.5 Å². The van der Waals surface area contributed by atoms with E-state index in [2.05, 4.69) is 4.98 Å². The Morgan fingerprint density at radius 3 is 2.78 bits per heavy atom. The maximum Gasteiger partial charge on any atom is 0.189 e. The molecule has 0 unspecified atom stereocenters. The average molecular weight is 260 g/mol. The van der Waals surface area contributed by atoms with Gasteiger partial charge >= 0.3 is 0 Å². The second-order valence-corrected chi connectivity index (χ2v) is 4.62. The lowest BCUT2D eigenvalue weighted by atomic mass is 9.99. The number of rotatable bonds is 3. The molecule has 0 radical (unpaired) electrons. The summed E-state index contributed by atoms with van der Waals surface area (Å²) in [5, 5.41) is 11.2. The van der Waals surface area contributed by atoms with Gasteiger partial charge in [0.2, 0.25) is 0 Å². The zero-order chi connectivity index (χ0) is 13.1. The van der Waals surface area contributed by atoms with E-state index in [9.17, 15) is 9.18 Å². The SMILES string of the molecule is Cc1csc([C@H](C#N)C(=O)c2ccccc2F)n1. The quantitative estimate of drug-likeness (QED) is 0.797. The van der Waals surface area contributed by atoms with E-state index in [1.165, 1.54) is 29.5 Å². The summed E-state index contributed by atoms with van der Waals surface area (Å²) in [5.74, 6) is -2.21. The first-order valence-corrected chi connectivity index (χ1v) is 6.12. The van der Waals surface area contributed by atoms with Crippen molar-refractivity contribution in [1.29, 1.82) is 5.26 Å². The molecular weight excluding hydrogens is 251 g/mol. The first-order chi connectivity index (χ1) is 8.63. The molecule has 1 heterocycles. The molecule has 0 fully saturated rings. The van der Waals surface area contributed by atoms with Gasteiger partial charge in [0.05, 0.1) is 11.6 Å². The Morgan fingerprint density at radius 2 is 2.22 bits per heavy atom. The van der Waals surface area contributed by atoms with Gasteiger partial charge in [0.15, 0.2) is 11.7 Å². The molecule has 0 aliphatic heterocycles. The van der Waals surface area contributed by atoms with Crippen molar-refractivity contribution in [3.05, 3.63) is 51.7 Å². The highest BCUT2D eigenvalue weighted by Gasteiger charge is 2.26. The summed E-state index contributed by atoms with van der Waals surface area (Å²) in [4.78, 5) is 16.2. The Labute approximate surface area is 108 Å². The number of carbonyl (C=O) groups is 1. The van der Waals surface area contributed by atoms with Gasteiger partial charge in [-0.05, 0) is 19.1 Å². The van der Waals surface area contributed by atoms with Crippen molar-refractivity contribution in [2.75, 3.05) is 0 Å². The van der Waals surface area contributed by atoms with Crippen LogP contribution in [0.5, 0.6) is 0 Å². The van der Waals surface area contributed by atoms with Crippen molar-refractivity contribution < 1.29 is 9.18 Å². The first-order valence-electron chi connectivity index (χ1n) is 5.24. The van der Waals surface area contributed by atoms with Crippen LogP contribution in [-0.2, 0) is 0 Å². The van der Waals surface area contributed by atoms with Crippen LogP contribution in [0.2, 0.25) is 0 Å². The number of hydrogen-bond donors (Lipinski definition) is 0. The molecule has 90 valence electrons. The number of hydrogen-bond acceptors (Lipinski definition) is 4. The molecule has 0 aliphatic carbocycles. The van der Waals surface area contributed by atoms with Crippen LogP contribution >= 0.6 is 11.3 Å². The second kappa shape index (κ2) is 5.07. The van der Waals surface area contributed by atoms with Gasteiger partial charge < -0.3 is 0 Å². The molecular formula is C13H9FN2OS. The van der Waals surface area contributed by atoms with Gasteiger partial charge in [-0.25, -0.2) is 9.37 Å². The number of aromatic nitrogens is 1. The number of benzene rings is 1. The summed E-state index contributed by atoms with van der Waals surface area (Å²) in [7, 11) is 0. The average Bonchev–Trinajstić information content (AvgIpc) is 2.77. The third-order valence-electron chi connectivity index (χ3n) is 2.41. The molecule has 2 aromatic rings. The van der Waals surface area contributed by atoms with Crippen LogP contribution < -0.4 is 0 Å². The Bertz CT molecular complexity index is 630. The van der Waals surface area contributed by atoms with Crippen molar-refractivity contribution >= 4 is 17.1 Å². The van der Waals surface area contributed by atoms with Gasteiger partial charge in [0.1, 0.15) is 10.8 Å². The highest BCUT2D eigenvalue weighted by atomic mass is 32.1. The fourth-order valence-electron chi connectivity index (χ4n) is 1.55. The highest BCUT2D eigenvalue weighted by molar-refractivity contribution is 7.10. The number of thiazole rings is 1. The van der Waals surface area contributed by atoms with E-state index in [0.29, 0.717) is 5.01 Å². The maximum atomic E-state index is 13.5. The number of nitrogens with zero attached hydrogens (tertiary/aromatic N) is 2. The molecule has 1 atom stereocenters. The fourth-order valence-corrected chi connectivity index (χ4v) is 2.38. The van der Waals surface area contributed by atoms with Crippen molar-refractivity contribution in [1.82, 2.24) is 4.98 Å². The smallest absolute Gasteiger partial charge is 0.189 e. The monoisotopic (exact) mass is 260 g/mol.